The van der Waals surface area contributed by atoms with Gasteiger partial charge >= 0.3 is 0 Å². The molecule has 266 valence electrons. The van der Waals surface area contributed by atoms with Crippen molar-refractivity contribution in [2.45, 2.75) is 0 Å². The third-order valence-electron chi connectivity index (χ3n) is 9.29. The van der Waals surface area contributed by atoms with E-state index in [1.807, 2.05) is 0 Å². The molecule has 0 saturated heterocycles. The van der Waals surface area contributed by atoms with Gasteiger partial charge in [-0.05, 0) is 77.6 Å². The van der Waals surface area contributed by atoms with Gasteiger partial charge in [-0.2, -0.15) is 0 Å². The first kappa shape index (κ1) is 14.7. The SMILES string of the molecule is [2H]c1c([2H])c([2H])c(-c2nc(-c3c([2H])c([2H])c([2H])c(-n4c5c([2H])c([2H])c([2H])c([2H])c5c5c([2H])c([2H])c(-c6c([2H])c([2H])c7c(c6[2H])c6c([2H])c([2H])c([2H])c([2H])c6n7-c6c([2H])c([2H])c([2H])c([2H])c6[2H])c([2H])c54)c3[2H])nc3c2oc2ccccc23)c([2H])c1[2H]. The lowest BCUT2D eigenvalue weighted by Gasteiger charge is -2.12. The van der Waals surface area contributed by atoms with Crippen LogP contribution in [-0.2, 0) is 0 Å². The molecule has 12 aromatic rings. The zero-order valence-electron chi connectivity index (χ0n) is 56.5. The largest absolute Gasteiger partial charge is 0.452 e. The van der Waals surface area contributed by atoms with Gasteiger partial charge in [-0.15, -0.1) is 0 Å². The Morgan fingerprint density at radius 3 is 1.86 bits per heavy atom. The van der Waals surface area contributed by atoms with Crippen LogP contribution in [0.4, 0.5) is 0 Å². The van der Waals surface area contributed by atoms with Crippen LogP contribution in [0.15, 0.2) is 198 Å². The molecular formula is C52H32N4O. The molecule has 4 aromatic heterocycles. The summed E-state index contributed by atoms with van der Waals surface area (Å²) in [5.41, 5.74) is -7.69. The molecule has 12 rings (SSSR count). The molecule has 0 aliphatic rings. The summed E-state index contributed by atoms with van der Waals surface area (Å²) in [5, 5.41) is -2.09. The summed E-state index contributed by atoms with van der Waals surface area (Å²) in [4.78, 5) is 9.22. The summed E-state index contributed by atoms with van der Waals surface area (Å²) in [7, 11) is 0. The van der Waals surface area contributed by atoms with E-state index in [9.17, 15) is 16.4 Å². The summed E-state index contributed by atoms with van der Waals surface area (Å²) < 4.78 is 262. The summed E-state index contributed by atoms with van der Waals surface area (Å²) in [5.74, 6) is -0.635. The van der Waals surface area contributed by atoms with Crippen molar-refractivity contribution in [1.82, 2.24) is 19.1 Å². The molecule has 0 unspecified atom stereocenters. The zero-order valence-corrected chi connectivity index (χ0v) is 28.5. The van der Waals surface area contributed by atoms with E-state index >= 15 is 0 Å². The van der Waals surface area contributed by atoms with Crippen LogP contribution in [0, 0.1) is 0 Å². The Labute approximate surface area is 366 Å². The zero-order chi connectivity index (χ0) is 61.8. The second-order valence-electron chi connectivity index (χ2n) is 12.4. The third-order valence-corrected chi connectivity index (χ3v) is 9.29. The van der Waals surface area contributed by atoms with E-state index in [4.69, 9.17) is 26.3 Å². The second-order valence-corrected chi connectivity index (χ2v) is 12.4. The Kier molecular flexibility index (Phi) is 3.20. The summed E-state index contributed by atoms with van der Waals surface area (Å²) >= 11 is 0. The van der Waals surface area contributed by atoms with E-state index in [0.29, 0.717) is 0 Å². The number of rotatable bonds is 5. The molecule has 0 aliphatic heterocycles. The average molecular weight is 757 g/mol. The number of para-hydroxylation sites is 4. The Bertz CT molecular complexity index is 5120. The van der Waals surface area contributed by atoms with E-state index in [2.05, 4.69) is 9.97 Å². The van der Waals surface area contributed by atoms with Gasteiger partial charge in [0.1, 0.15) is 16.8 Å². The summed E-state index contributed by atoms with van der Waals surface area (Å²) in [6.07, 6.45) is 0. The first-order valence-corrected chi connectivity index (χ1v) is 17.0. The van der Waals surface area contributed by atoms with Gasteiger partial charge in [-0.25, -0.2) is 9.97 Å². The molecule has 5 nitrogen and oxygen atoms in total. The van der Waals surface area contributed by atoms with E-state index in [1.165, 1.54) is 6.07 Å². The topological polar surface area (TPSA) is 48.8 Å². The smallest absolute Gasteiger partial charge is 0.180 e. The molecule has 0 bridgehead atoms. The molecule has 0 saturated carbocycles. The van der Waals surface area contributed by atoms with Crippen LogP contribution >= 0.6 is 0 Å². The number of fused-ring (bicyclic) bond motifs is 9. The maximum atomic E-state index is 10.1. The Hall–Kier alpha value is -7.76. The second kappa shape index (κ2) is 12.4. The standard InChI is InChI=1S/C52H32N4O/c1-3-14-33(15-4-1)49-51-50(42-22-9-12-25-48(42)57-51)54-52(53-49)36-16-13-19-38(30-36)56-44-23-10-7-20-39(44)41-28-26-35(32-47(41)56)34-27-29-46-43(31-34)40-21-8-11-24-45(40)55(46)37-17-5-2-6-18-37/h1-32H/i1D,2D,3D,4D,5D,6D,7D,8D,10D,11D,13D,14D,15D,16D,17D,18D,19D,20D,21D,23D,24D,26D,27D,28D,29D,30D,31D,32D. The first-order chi connectivity index (χ1) is 39.9. The van der Waals surface area contributed by atoms with Gasteiger partial charge in [0.25, 0.3) is 0 Å². The average Bonchev–Trinajstić information content (AvgIpc) is 1.63. The maximum absolute atomic E-state index is 10.1. The minimum absolute atomic E-state index is 0.0785. The Morgan fingerprint density at radius 1 is 0.421 bits per heavy atom. The highest BCUT2D eigenvalue weighted by atomic mass is 16.3. The fourth-order valence-corrected chi connectivity index (χ4v) is 6.88. The predicted octanol–water partition coefficient (Wildman–Crippen LogP) is 13.6. The van der Waals surface area contributed by atoms with Gasteiger partial charge in [0.2, 0.25) is 0 Å². The van der Waals surface area contributed by atoms with Crippen molar-refractivity contribution in [3.8, 4) is 45.1 Å². The monoisotopic (exact) mass is 756 g/mol. The fraction of sp³-hybridized carbons (Fsp3) is 0. The van der Waals surface area contributed by atoms with Gasteiger partial charge < -0.3 is 13.6 Å². The maximum Gasteiger partial charge on any atom is 0.180 e. The molecular weight excluding hydrogens is 697 g/mol. The molecule has 0 atom stereocenters. The van der Waals surface area contributed by atoms with Crippen LogP contribution in [0.2, 0.25) is 0 Å². The third kappa shape index (κ3) is 4.89. The van der Waals surface area contributed by atoms with Gasteiger partial charge in [0, 0.05) is 49.4 Å². The van der Waals surface area contributed by atoms with Gasteiger partial charge in [0.15, 0.2) is 11.4 Å². The Morgan fingerprint density at radius 2 is 1.04 bits per heavy atom. The van der Waals surface area contributed by atoms with Crippen LogP contribution < -0.4 is 0 Å². The minimum atomic E-state index is -1.05. The molecule has 0 amide bonds. The molecule has 8 aromatic carbocycles. The molecule has 5 heteroatoms. The molecule has 57 heavy (non-hydrogen) atoms. The molecule has 0 radical (unpaired) electrons. The van der Waals surface area contributed by atoms with Gasteiger partial charge in [0.05, 0.1) is 60.4 Å². The van der Waals surface area contributed by atoms with Crippen molar-refractivity contribution >= 4 is 65.7 Å². The summed E-state index contributed by atoms with van der Waals surface area (Å²) in [6, 6.07) is -19.0. The minimum Gasteiger partial charge on any atom is -0.452 e. The highest BCUT2D eigenvalue weighted by Gasteiger charge is 2.20. The Balaban J connectivity index is 1.25. The molecule has 0 fully saturated rings. The highest BCUT2D eigenvalue weighted by Crippen LogP contribution is 2.40. The molecule has 0 N–H and O–H groups in total. The van der Waals surface area contributed by atoms with Crippen LogP contribution in [0.5, 0.6) is 0 Å². The molecule has 4 heterocycles. The number of furan rings is 1. The van der Waals surface area contributed by atoms with Crippen molar-refractivity contribution in [2.75, 3.05) is 0 Å². The number of benzene rings is 8. The van der Waals surface area contributed by atoms with E-state index in [0.717, 1.165) is 9.13 Å². The number of aromatic nitrogens is 4. The van der Waals surface area contributed by atoms with Crippen LogP contribution in [0.3, 0.4) is 0 Å². The first-order valence-electron chi connectivity index (χ1n) is 31.0. The molecule has 0 spiro atoms. The lowest BCUT2D eigenvalue weighted by Crippen LogP contribution is -1.97. The van der Waals surface area contributed by atoms with E-state index < -0.39 is 258 Å². The van der Waals surface area contributed by atoms with Crippen molar-refractivity contribution in [1.29, 1.82) is 0 Å². The quantitative estimate of drug-likeness (QED) is 0.176. The normalized spacial score (nSPS) is 18.7. The van der Waals surface area contributed by atoms with Crippen molar-refractivity contribution in [3.63, 3.8) is 0 Å². The van der Waals surface area contributed by atoms with Crippen molar-refractivity contribution in [3.05, 3.63) is 193 Å². The van der Waals surface area contributed by atoms with Crippen LogP contribution in [0.1, 0.15) is 38.4 Å². The van der Waals surface area contributed by atoms with E-state index in [1.54, 1.807) is 18.2 Å². The summed E-state index contributed by atoms with van der Waals surface area (Å²) in [6.45, 7) is 0. The molecule has 0 aliphatic carbocycles. The van der Waals surface area contributed by atoms with Crippen molar-refractivity contribution in [2.24, 2.45) is 0 Å². The number of hydrogen-bond acceptors (Lipinski definition) is 3. The van der Waals surface area contributed by atoms with Crippen molar-refractivity contribution < 1.29 is 42.8 Å². The van der Waals surface area contributed by atoms with Crippen LogP contribution in [0.25, 0.3) is 111 Å². The van der Waals surface area contributed by atoms with Gasteiger partial charge in [-0.1, -0.05) is 127 Å². The number of hydrogen-bond donors (Lipinski definition) is 0. The number of nitrogens with zero attached hydrogens (tertiary/aromatic N) is 4. The highest BCUT2D eigenvalue weighted by molar-refractivity contribution is 6.13. The fourth-order valence-electron chi connectivity index (χ4n) is 6.88. The van der Waals surface area contributed by atoms with Crippen LogP contribution in [-0.4, -0.2) is 19.1 Å². The lowest BCUT2D eigenvalue weighted by atomic mass is 10.0. The predicted molar refractivity (Wildman–Crippen MR) is 234 cm³/mol. The van der Waals surface area contributed by atoms with Gasteiger partial charge in [-0.3, -0.25) is 0 Å². The van der Waals surface area contributed by atoms with E-state index in [-0.39, 0.29) is 22.1 Å². The lowest BCUT2D eigenvalue weighted by molar-refractivity contribution is 0.667.